The fourth-order valence-electron chi connectivity index (χ4n) is 1.54. The highest BCUT2D eigenvalue weighted by Crippen LogP contribution is 2.58. The van der Waals surface area contributed by atoms with Crippen molar-refractivity contribution in [2.75, 3.05) is 20.3 Å². The van der Waals surface area contributed by atoms with Gasteiger partial charge in [-0.1, -0.05) is 12.1 Å². The van der Waals surface area contributed by atoms with E-state index in [2.05, 4.69) is 0 Å². The summed E-state index contributed by atoms with van der Waals surface area (Å²) < 4.78 is 28.0. The van der Waals surface area contributed by atoms with Gasteiger partial charge in [0.05, 0.1) is 20.3 Å². The van der Waals surface area contributed by atoms with Crippen LogP contribution in [0, 0.1) is 0 Å². The maximum absolute atomic E-state index is 12.5. The quantitative estimate of drug-likeness (QED) is 0.773. The molecular formula is C12H20NO4P. The molecule has 1 aromatic carbocycles. The lowest BCUT2D eigenvalue weighted by Crippen LogP contribution is -2.14. The second kappa shape index (κ2) is 6.90. The first-order chi connectivity index (χ1) is 8.57. The fraction of sp³-hybridized carbons (Fsp3) is 0.500. The largest absolute Gasteiger partial charge is 0.497 e. The summed E-state index contributed by atoms with van der Waals surface area (Å²) in [7, 11) is -1.74. The Hall–Kier alpha value is -0.870. The minimum atomic E-state index is -3.32. The zero-order valence-corrected chi connectivity index (χ0v) is 11.9. The number of benzene rings is 1. The highest BCUT2D eigenvalue weighted by molar-refractivity contribution is 7.54. The van der Waals surface area contributed by atoms with Crippen LogP contribution in [-0.4, -0.2) is 20.3 Å². The van der Waals surface area contributed by atoms with Gasteiger partial charge in [-0.25, -0.2) is 0 Å². The Morgan fingerprint density at radius 3 is 2.06 bits per heavy atom. The van der Waals surface area contributed by atoms with Crippen LogP contribution in [0.2, 0.25) is 0 Å². The van der Waals surface area contributed by atoms with Gasteiger partial charge in [0.1, 0.15) is 11.5 Å². The molecule has 0 spiro atoms. The second-order valence-corrected chi connectivity index (χ2v) is 5.75. The fourth-order valence-corrected chi connectivity index (χ4v) is 3.19. The molecule has 1 atom stereocenters. The van der Waals surface area contributed by atoms with E-state index >= 15 is 0 Å². The van der Waals surface area contributed by atoms with E-state index in [0.29, 0.717) is 24.5 Å². The summed E-state index contributed by atoms with van der Waals surface area (Å²) >= 11 is 0. The van der Waals surface area contributed by atoms with Crippen molar-refractivity contribution in [3.63, 3.8) is 0 Å². The van der Waals surface area contributed by atoms with Crippen LogP contribution in [0.25, 0.3) is 0 Å². The average Bonchev–Trinajstić information content (AvgIpc) is 2.38. The van der Waals surface area contributed by atoms with Gasteiger partial charge in [0.25, 0.3) is 0 Å². The molecule has 0 aliphatic carbocycles. The van der Waals surface area contributed by atoms with E-state index in [4.69, 9.17) is 19.5 Å². The summed E-state index contributed by atoms with van der Waals surface area (Å²) in [6.07, 6.45) is 0. The Labute approximate surface area is 108 Å². The molecule has 0 heterocycles. The van der Waals surface area contributed by atoms with Crippen LogP contribution in [0.1, 0.15) is 25.2 Å². The normalized spacial score (nSPS) is 13.3. The summed E-state index contributed by atoms with van der Waals surface area (Å²) in [5.41, 5.74) is 6.68. The zero-order valence-electron chi connectivity index (χ0n) is 11.0. The van der Waals surface area contributed by atoms with Crippen molar-refractivity contribution in [2.24, 2.45) is 5.73 Å². The van der Waals surface area contributed by atoms with Crippen molar-refractivity contribution < 1.29 is 18.3 Å². The van der Waals surface area contributed by atoms with Crippen LogP contribution in [-0.2, 0) is 13.6 Å². The van der Waals surface area contributed by atoms with Gasteiger partial charge in [0.2, 0.25) is 0 Å². The molecule has 0 amide bonds. The van der Waals surface area contributed by atoms with Crippen LogP contribution in [0.3, 0.4) is 0 Å². The van der Waals surface area contributed by atoms with E-state index in [9.17, 15) is 4.57 Å². The first kappa shape index (κ1) is 15.2. The Morgan fingerprint density at radius 2 is 1.67 bits per heavy atom. The molecule has 0 saturated carbocycles. The van der Waals surface area contributed by atoms with Crippen molar-refractivity contribution in [1.29, 1.82) is 0 Å². The number of nitrogens with two attached hydrogens (primary N) is 1. The molecule has 0 saturated heterocycles. The molecule has 5 nitrogen and oxygen atoms in total. The molecule has 0 aromatic heterocycles. The Balaban J connectivity index is 2.94. The van der Waals surface area contributed by atoms with Gasteiger partial charge >= 0.3 is 7.60 Å². The standard InChI is InChI=1S/C12H20NO4P/c1-4-16-18(14,17-5-2)12(13)10-6-8-11(15-3)9-7-10/h6-9,12H,4-5,13H2,1-3H3/t12-/m0/s1. The van der Waals surface area contributed by atoms with Gasteiger partial charge in [-0.2, -0.15) is 0 Å². The third kappa shape index (κ3) is 3.56. The lowest BCUT2D eigenvalue weighted by atomic mass is 10.2. The topological polar surface area (TPSA) is 70.8 Å². The van der Waals surface area contributed by atoms with Gasteiger partial charge in [-0.15, -0.1) is 0 Å². The van der Waals surface area contributed by atoms with Gasteiger partial charge in [0, 0.05) is 0 Å². The average molecular weight is 273 g/mol. The van der Waals surface area contributed by atoms with E-state index in [1.165, 1.54) is 0 Å². The minimum Gasteiger partial charge on any atom is -0.497 e. The molecule has 6 heteroatoms. The summed E-state index contributed by atoms with van der Waals surface area (Å²) in [6, 6.07) is 7.04. The van der Waals surface area contributed by atoms with Crippen LogP contribution in [0.4, 0.5) is 0 Å². The Morgan fingerprint density at radius 1 is 1.17 bits per heavy atom. The molecule has 18 heavy (non-hydrogen) atoms. The van der Waals surface area contributed by atoms with Gasteiger partial charge in [0.15, 0.2) is 0 Å². The van der Waals surface area contributed by atoms with Crippen LogP contribution < -0.4 is 10.5 Å². The number of methoxy groups -OCH3 is 1. The third-order valence-corrected chi connectivity index (χ3v) is 4.63. The van der Waals surface area contributed by atoms with E-state index in [0.717, 1.165) is 0 Å². The molecule has 0 aliphatic heterocycles. The molecule has 0 bridgehead atoms. The lowest BCUT2D eigenvalue weighted by Gasteiger charge is -2.23. The van der Waals surface area contributed by atoms with Gasteiger partial charge in [-0.05, 0) is 31.5 Å². The first-order valence-corrected chi connectivity index (χ1v) is 7.47. The molecule has 1 aromatic rings. The predicted molar refractivity (Wildman–Crippen MR) is 70.8 cm³/mol. The molecule has 102 valence electrons. The van der Waals surface area contributed by atoms with E-state index in [1.54, 1.807) is 45.2 Å². The van der Waals surface area contributed by atoms with E-state index in [1.807, 2.05) is 0 Å². The summed E-state index contributed by atoms with van der Waals surface area (Å²) in [5.74, 6) is -0.0723. The third-order valence-electron chi connectivity index (χ3n) is 2.42. The molecule has 0 unspecified atom stereocenters. The van der Waals surface area contributed by atoms with Crippen molar-refractivity contribution in [3.8, 4) is 5.75 Å². The summed E-state index contributed by atoms with van der Waals surface area (Å²) in [6.45, 7) is 4.10. The Bertz CT molecular complexity index is 397. The number of ether oxygens (including phenoxy) is 1. The van der Waals surface area contributed by atoms with Crippen molar-refractivity contribution in [1.82, 2.24) is 0 Å². The Kier molecular flexibility index (Phi) is 5.82. The molecule has 0 fully saturated rings. The summed E-state index contributed by atoms with van der Waals surface area (Å²) in [4.78, 5) is 0. The molecule has 0 aliphatic rings. The molecule has 0 radical (unpaired) electrons. The second-order valence-electron chi connectivity index (χ2n) is 3.59. The molecule has 1 rings (SSSR count). The minimum absolute atomic E-state index is 0.293. The SMILES string of the molecule is CCOP(=O)(OCC)[C@H](N)c1ccc(OC)cc1. The van der Waals surface area contributed by atoms with Crippen LogP contribution >= 0.6 is 7.60 Å². The smallest absolute Gasteiger partial charge is 0.351 e. The van der Waals surface area contributed by atoms with Gasteiger partial charge in [-0.3, -0.25) is 4.57 Å². The number of hydrogen-bond donors (Lipinski definition) is 1. The first-order valence-electron chi connectivity index (χ1n) is 5.85. The highest BCUT2D eigenvalue weighted by atomic mass is 31.2. The zero-order chi connectivity index (χ0) is 13.6. The predicted octanol–water partition coefficient (Wildman–Crippen LogP) is 2.92. The van der Waals surface area contributed by atoms with Crippen molar-refractivity contribution >= 4 is 7.60 Å². The molecular weight excluding hydrogens is 253 g/mol. The number of rotatable bonds is 7. The maximum atomic E-state index is 12.5. The van der Waals surface area contributed by atoms with Crippen molar-refractivity contribution in [3.05, 3.63) is 29.8 Å². The van der Waals surface area contributed by atoms with Crippen LogP contribution in [0.15, 0.2) is 24.3 Å². The lowest BCUT2D eigenvalue weighted by molar-refractivity contribution is 0.212. The van der Waals surface area contributed by atoms with E-state index in [-0.39, 0.29) is 0 Å². The van der Waals surface area contributed by atoms with Crippen molar-refractivity contribution in [2.45, 2.75) is 19.6 Å². The van der Waals surface area contributed by atoms with Crippen LogP contribution in [0.5, 0.6) is 5.75 Å². The van der Waals surface area contributed by atoms with E-state index < -0.39 is 13.4 Å². The van der Waals surface area contributed by atoms with Gasteiger partial charge < -0.3 is 19.5 Å². The summed E-state index contributed by atoms with van der Waals surface area (Å²) in [5, 5.41) is 0. The maximum Gasteiger partial charge on any atom is 0.351 e. The number of hydrogen-bond acceptors (Lipinski definition) is 5. The highest BCUT2D eigenvalue weighted by Gasteiger charge is 2.33. The monoisotopic (exact) mass is 273 g/mol. The molecule has 2 N–H and O–H groups in total.